The molecule has 0 spiro atoms. The number of carbonyl (C=O) groups excluding carboxylic acids is 1. The summed E-state index contributed by atoms with van der Waals surface area (Å²) in [7, 11) is 0. The van der Waals surface area contributed by atoms with E-state index in [4.69, 9.17) is 0 Å². The molecule has 0 aromatic carbocycles. The lowest BCUT2D eigenvalue weighted by atomic mass is 9.71. The van der Waals surface area contributed by atoms with Gasteiger partial charge in [-0.15, -0.1) is 0 Å². The van der Waals surface area contributed by atoms with Crippen molar-refractivity contribution in [1.29, 1.82) is 0 Å². The van der Waals surface area contributed by atoms with Gasteiger partial charge in [-0.25, -0.2) is 0 Å². The minimum Gasteiger partial charge on any atom is -0.299 e. The molecule has 0 N–H and O–H groups in total. The molecule has 150 valence electrons. The highest BCUT2D eigenvalue weighted by molar-refractivity contribution is 9.11. The molecule has 0 unspecified atom stereocenters. The van der Waals surface area contributed by atoms with Crippen LogP contribution in [0.2, 0.25) is 0 Å². The average molecular weight is 425 g/mol. The minimum atomic E-state index is -0.305. The fourth-order valence-corrected chi connectivity index (χ4v) is 2.60. The van der Waals surface area contributed by atoms with Gasteiger partial charge in [0.05, 0.1) is 0 Å². The highest BCUT2D eigenvalue weighted by Gasteiger charge is 2.29. The SMILES string of the molecule is CC(C)(C)C(=O)C\C=C(/C(=C\C=C(/Br)C(C)(C)C)C(C)(C)C)C(C)(C)C. The zero-order valence-electron chi connectivity index (χ0n) is 19.2. The van der Waals surface area contributed by atoms with Gasteiger partial charge < -0.3 is 0 Å². The highest BCUT2D eigenvalue weighted by Crippen LogP contribution is 2.41. The Bertz CT molecular complexity index is 588. The molecule has 0 saturated heterocycles. The van der Waals surface area contributed by atoms with Crippen molar-refractivity contribution >= 4 is 21.7 Å². The predicted octanol–water partition coefficient (Wildman–Crippen LogP) is 8.26. The van der Waals surface area contributed by atoms with Crippen LogP contribution in [-0.4, -0.2) is 5.78 Å². The first-order valence-corrected chi connectivity index (χ1v) is 10.4. The molecule has 0 heterocycles. The highest BCUT2D eigenvalue weighted by atomic mass is 79.9. The Morgan fingerprint density at radius 2 is 1.08 bits per heavy atom. The largest absolute Gasteiger partial charge is 0.299 e. The van der Waals surface area contributed by atoms with Gasteiger partial charge in [0, 0.05) is 16.3 Å². The maximum Gasteiger partial charge on any atom is 0.141 e. The van der Waals surface area contributed by atoms with Gasteiger partial charge in [-0.1, -0.05) is 117 Å². The number of carbonyl (C=O) groups is 1. The molecule has 26 heavy (non-hydrogen) atoms. The Morgan fingerprint density at radius 1 is 0.654 bits per heavy atom. The third kappa shape index (κ3) is 8.37. The lowest BCUT2D eigenvalue weighted by Gasteiger charge is -2.33. The zero-order chi connectivity index (χ0) is 21.1. The van der Waals surface area contributed by atoms with Gasteiger partial charge in [-0.3, -0.25) is 4.79 Å². The quantitative estimate of drug-likeness (QED) is 0.414. The Balaban J connectivity index is 6.25. The predicted molar refractivity (Wildman–Crippen MR) is 121 cm³/mol. The Kier molecular flexibility index (Phi) is 8.38. The smallest absolute Gasteiger partial charge is 0.141 e. The number of Topliss-reactive ketones (excluding diaryl/α,β-unsaturated/α-hetero) is 1. The zero-order valence-corrected chi connectivity index (χ0v) is 20.8. The number of halogens is 1. The summed E-state index contributed by atoms with van der Waals surface area (Å²) in [5.74, 6) is 0.277. The van der Waals surface area contributed by atoms with E-state index in [9.17, 15) is 4.79 Å². The molecule has 1 nitrogen and oxygen atoms in total. The van der Waals surface area contributed by atoms with E-state index >= 15 is 0 Å². The molecule has 0 saturated carbocycles. The molecule has 0 aliphatic rings. The minimum absolute atomic E-state index is 0.00838. The van der Waals surface area contributed by atoms with Crippen LogP contribution in [0.1, 0.15) is 89.5 Å². The molecular formula is C24H41BrO. The van der Waals surface area contributed by atoms with E-state index < -0.39 is 0 Å². The molecule has 0 bridgehead atoms. The fraction of sp³-hybridized carbons (Fsp3) is 0.708. The molecule has 0 fully saturated rings. The van der Waals surface area contributed by atoms with Crippen LogP contribution >= 0.6 is 15.9 Å². The summed E-state index contributed by atoms with van der Waals surface area (Å²) < 4.78 is 1.17. The van der Waals surface area contributed by atoms with Crippen molar-refractivity contribution in [3.63, 3.8) is 0 Å². The first-order valence-electron chi connectivity index (χ1n) is 9.60. The normalized spacial score (nSPS) is 16.1. The standard InChI is InChI=1S/C24H41BrO/c1-21(2,3)17(13-15-19(25)23(7,8)9)18(22(4,5)6)14-16-20(26)24(10,11)12/h13-15H,16H2,1-12H3/b17-13+,18-14+,19-15-. The lowest BCUT2D eigenvalue weighted by Crippen LogP contribution is -2.22. The van der Waals surface area contributed by atoms with Crippen molar-refractivity contribution in [3.8, 4) is 0 Å². The summed E-state index contributed by atoms with van der Waals surface area (Å²) in [4.78, 5) is 12.5. The molecule has 0 atom stereocenters. The molecule has 0 aromatic heterocycles. The van der Waals surface area contributed by atoms with Crippen molar-refractivity contribution in [3.05, 3.63) is 33.9 Å². The summed E-state index contributed by atoms with van der Waals surface area (Å²) in [6.45, 7) is 25.9. The number of ketones is 1. The van der Waals surface area contributed by atoms with E-state index in [-0.39, 0.29) is 27.4 Å². The van der Waals surface area contributed by atoms with Gasteiger partial charge in [-0.2, -0.15) is 0 Å². The summed E-state index contributed by atoms with van der Waals surface area (Å²) in [5.41, 5.74) is 2.28. The van der Waals surface area contributed by atoms with E-state index in [1.165, 1.54) is 15.6 Å². The third-order valence-electron chi connectivity index (χ3n) is 4.35. The first kappa shape index (κ1) is 25.4. The van der Waals surface area contributed by atoms with Crippen molar-refractivity contribution in [1.82, 2.24) is 0 Å². The first-order chi connectivity index (χ1) is 11.3. The van der Waals surface area contributed by atoms with E-state index in [1.807, 2.05) is 20.8 Å². The maximum absolute atomic E-state index is 12.5. The van der Waals surface area contributed by atoms with Gasteiger partial charge in [0.15, 0.2) is 0 Å². The van der Waals surface area contributed by atoms with Gasteiger partial charge in [0.2, 0.25) is 0 Å². The van der Waals surface area contributed by atoms with Crippen LogP contribution < -0.4 is 0 Å². The van der Waals surface area contributed by atoms with Gasteiger partial charge in [0.25, 0.3) is 0 Å². The molecule has 0 rings (SSSR count). The van der Waals surface area contributed by atoms with Crippen LogP contribution in [-0.2, 0) is 4.79 Å². The molecular weight excluding hydrogens is 384 g/mol. The van der Waals surface area contributed by atoms with Gasteiger partial charge in [0.1, 0.15) is 5.78 Å². The Labute approximate surface area is 171 Å². The van der Waals surface area contributed by atoms with Gasteiger partial charge >= 0.3 is 0 Å². The van der Waals surface area contributed by atoms with Crippen molar-refractivity contribution in [2.24, 2.45) is 21.7 Å². The van der Waals surface area contributed by atoms with E-state index in [0.29, 0.717) is 6.42 Å². The summed E-state index contributed by atoms with van der Waals surface area (Å²) in [6.07, 6.45) is 7.04. The molecule has 0 aromatic rings. The van der Waals surface area contributed by atoms with Crippen LogP contribution in [0, 0.1) is 21.7 Å². The van der Waals surface area contributed by atoms with Crippen molar-refractivity contribution in [2.45, 2.75) is 89.5 Å². The van der Waals surface area contributed by atoms with E-state index in [1.54, 1.807) is 0 Å². The van der Waals surface area contributed by atoms with Gasteiger partial charge in [-0.05, 0) is 27.4 Å². The van der Waals surface area contributed by atoms with Crippen molar-refractivity contribution in [2.75, 3.05) is 0 Å². The molecule has 0 radical (unpaired) electrons. The number of hydrogen-bond donors (Lipinski definition) is 0. The number of allylic oxidation sites excluding steroid dienone is 6. The second-order valence-corrected chi connectivity index (χ2v) is 12.2. The summed E-state index contributed by atoms with van der Waals surface area (Å²) in [5, 5.41) is 0. The lowest BCUT2D eigenvalue weighted by molar-refractivity contribution is -0.125. The second kappa shape index (κ2) is 8.59. The topological polar surface area (TPSA) is 17.1 Å². The Morgan fingerprint density at radius 3 is 1.38 bits per heavy atom. The van der Waals surface area contributed by atoms with Crippen LogP contribution in [0.5, 0.6) is 0 Å². The fourth-order valence-electron chi connectivity index (χ4n) is 2.47. The van der Waals surface area contributed by atoms with E-state index in [2.05, 4.69) is 96.5 Å². The average Bonchev–Trinajstić information content (AvgIpc) is 2.36. The van der Waals surface area contributed by atoms with E-state index in [0.717, 1.165) is 0 Å². The second-order valence-electron chi connectivity index (χ2n) is 11.3. The number of rotatable bonds is 4. The number of hydrogen-bond acceptors (Lipinski definition) is 1. The maximum atomic E-state index is 12.5. The van der Waals surface area contributed by atoms with Crippen LogP contribution in [0.15, 0.2) is 33.9 Å². The van der Waals surface area contributed by atoms with Crippen molar-refractivity contribution < 1.29 is 4.79 Å². The van der Waals surface area contributed by atoms with Crippen LogP contribution in [0.4, 0.5) is 0 Å². The molecule has 0 aliphatic heterocycles. The molecule has 2 heteroatoms. The summed E-state index contributed by atoms with van der Waals surface area (Å²) in [6, 6.07) is 0. The van der Waals surface area contributed by atoms with Crippen LogP contribution in [0.3, 0.4) is 0 Å². The third-order valence-corrected chi connectivity index (χ3v) is 5.80. The molecule has 0 aliphatic carbocycles. The Hall–Kier alpha value is -0.630. The van der Waals surface area contributed by atoms with Crippen LogP contribution in [0.25, 0.3) is 0 Å². The summed E-state index contributed by atoms with van der Waals surface area (Å²) >= 11 is 3.72. The molecule has 0 amide bonds. The monoisotopic (exact) mass is 424 g/mol.